The van der Waals surface area contributed by atoms with E-state index in [1.165, 1.54) is 4.90 Å². The molecule has 0 aliphatic rings. The van der Waals surface area contributed by atoms with Gasteiger partial charge in [0, 0.05) is 30.9 Å². The second kappa shape index (κ2) is 10.5. The Hall–Kier alpha value is -4.07. The predicted octanol–water partition coefficient (Wildman–Crippen LogP) is 4.28. The molecule has 0 radical (unpaired) electrons. The van der Waals surface area contributed by atoms with Gasteiger partial charge in [-0.3, -0.25) is 14.4 Å². The molecular weight excluding hydrogens is 430 g/mol. The highest BCUT2D eigenvalue weighted by Gasteiger charge is 2.15. The van der Waals surface area contributed by atoms with Crippen LogP contribution in [0.25, 0.3) is 0 Å². The molecular formula is C25H22F2N2O4. The summed E-state index contributed by atoms with van der Waals surface area (Å²) in [5, 5.41) is 2.39. The van der Waals surface area contributed by atoms with E-state index >= 15 is 0 Å². The average Bonchev–Trinajstić information content (AvgIpc) is 2.79. The molecule has 1 N–H and O–H groups in total. The van der Waals surface area contributed by atoms with E-state index < -0.39 is 23.5 Å². The molecule has 0 aliphatic heterocycles. The molecule has 0 saturated carbocycles. The predicted molar refractivity (Wildman–Crippen MR) is 119 cm³/mol. The SMILES string of the molecule is Cc1ccc(C(=O)N(C)c2ccc(OC(=O)CCNC(=O)c3ccc(F)cc3F)cc2)cc1. The van der Waals surface area contributed by atoms with Crippen LogP contribution in [0.5, 0.6) is 5.75 Å². The summed E-state index contributed by atoms with van der Waals surface area (Å²) in [4.78, 5) is 38.0. The number of rotatable bonds is 7. The van der Waals surface area contributed by atoms with Crippen LogP contribution < -0.4 is 15.0 Å². The average molecular weight is 452 g/mol. The lowest BCUT2D eigenvalue weighted by molar-refractivity contribution is -0.134. The Labute approximate surface area is 189 Å². The second-order valence-electron chi connectivity index (χ2n) is 7.33. The third-order valence-corrected chi connectivity index (χ3v) is 4.85. The fourth-order valence-corrected chi connectivity index (χ4v) is 2.97. The van der Waals surface area contributed by atoms with Crippen molar-refractivity contribution in [3.63, 3.8) is 0 Å². The summed E-state index contributed by atoms with van der Waals surface area (Å²) in [6, 6.07) is 16.3. The van der Waals surface area contributed by atoms with E-state index in [0.717, 1.165) is 17.7 Å². The molecule has 0 unspecified atom stereocenters. The van der Waals surface area contributed by atoms with Crippen LogP contribution in [-0.4, -0.2) is 31.4 Å². The minimum absolute atomic E-state index is 0.0830. The molecule has 0 atom stereocenters. The quantitative estimate of drug-likeness (QED) is 0.429. The van der Waals surface area contributed by atoms with Crippen molar-refractivity contribution in [2.45, 2.75) is 13.3 Å². The number of halogens is 2. The fraction of sp³-hybridized carbons (Fsp3) is 0.160. The van der Waals surface area contributed by atoms with Crippen molar-refractivity contribution >= 4 is 23.5 Å². The number of carbonyl (C=O) groups is 3. The first-order valence-corrected chi connectivity index (χ1v) is 10.1. The Morgan fingerprint density at radius 1 is 0.939 bits per heavy atom. The Morgan fingerprint density at radius 2 is 1.61 bits per heavy atom. The number of aryl methyl sites for hydroxylation is 1. The number of nitrogens with zero attached hydrogens (tertiary/aromatic N) is 1. The second-order valence-corrected chi connectivity index (χ2v) is 7.33. The van der Waals surface area contributed by atoms with Gasteiger partial charge in [-0.05, 0) is 55.5 Å². The van der Waals surface area contributed by atoms with Crippen LogP contribution in [0.3, 0.4) is 0 Å². The monoisotopic (exact) mass is 452 g/mol. The van der Waals surface area contributed by atoms with E-state index in [1.807, 2.05) is 19.1 Å². The highest BCUT2D eigenvalue weighted by molar-refractivity contribution is 6.05. The van der Waals surface area contributed by atoms with E-state index in [0.29, 0.717) is 17.3 Å². The van der Waals surface area contributed by atoms with Crippen molar-refractivity contribution in [1.82, 2.24) is 5.32 Å². The molecule has 0 bridgehead atoms. The molecule has 8 heteroatoms. The highest BCUT2D eigenvalue weighted by Crippen LogP contribution is 2.21. The maximum atomic E-state index is 13.6. The Kier molecular flexibility index (Phi) is 7.50. The van der Waals surface area contributed by atoms with Gasteiger partial charge in [-0.15, -0.1) is 0 Å². The Balaban J connectivity index is 1.50. The summed E-state index contributed by atoms with van der Waals surface area (Å²) in [5.41, 5.74) is 1.92. The third kappa shape index (κ3) is 6.22. The van der Waals surface area contributed by atoms with Gasteiger partial charge in [-0.1, -0.05) is 17.7 Å². The first-order valence-electron chi connectivity index (χ1n) is 10.1. The number of benzene rings is 3. The number of esters is 1. The zero-order valence-corrected chi connectivity index (χ0v) is 18.1. The number of anilines is 1. The number of hydrogen-bond donors (Lipinski definition) is 1. The van der Waals surface area contributed by atoms with Crippen LogP contribution in [0.4, 0.5) is 14.5 Å². The van der Waals surface area contributed by atoms with Gasteiger partial charge in [0.05, 0.1) is 12.0 Å². The summed E-state index contributed by atoms with van der Waals surface area (Å²) in [6.45, 7) is 1.86. The maximum Gasteiger partial charge on any atom is 0.312 e. The molecule has 0 aromatic heterocycles. The van der Waals surface area contributed by atoms with Crippen molar-refractivity contribution in [2.24, 2.45) is 0 Å². The summed E-state index contributed by atoms with van der Waals surface area (Å²) in [6.07, 6.45) is -0.151. The van der Waals surface area contributed by atoms with Gasteiger partial charge in [0.1, 0.15) is 17.4 Å². The summed E-state index contributed by atoms with van der Waals surface area (Å²) < 4.78 is 31.7. The molecule has 0 spiro atoms. The van der Waals surface area contributed by atoms with Gasteiger partial charge in [0.2, 0.25) is 0 Å². The molecule has 2 amide bonds. The van der Waals surface area contributed by atoms with Crippen molar-refractivity contribution in [3.8, 4) is 5.75 Å². The summed E-state index contributed by atoms with van der Waals surface area (Å²) in [7, 11) is 1.65. The van der Waals surface area contributed by atoms with Gasteiger partial charge < -0.3 is 15.0 Å². The smallest absolute Gasteiger partial charge is 0.312 e. The zero-order chi connectivity index (χ0) is 24.0. The molecule has 33 heavy (non-hydrogen) atoms. The van der Waals surface area contributed by atoms with Crippen LogP contribution in [0.15, 0.2) is 66.7 Å². The molecule has 6 nitrogen and oxygen atoms in total. The fourth-order valence-electron chi connectivity index (χ4n) is 2.97. The number of nitrogens with one attached hydrogen (secondary N) is 1. The van der Waals surface area contributed by atoms with Gasteiger partial charge in [0.25, 0.3) is 11.8 Å². The van der Waals surface area contributed by atoms with E-state index in [2.05, 4.69) is 5.32 Å². The van der Waals surface area contributed by atoms with E-state index in [9.17, 15) is 23.2 Å². The lowest BCUT2D eigenvalue weighted by Crippen LogP contribution is -2.28. The van der Waals surface area contributed by atoms with E-state index in [4.69, 9.17) is 4.74 Å². The van der Waals surface area contributed by atoms with Gasteiger partial charge in [-0.2, -0.15) is 0 Å². The molecule has 0 heterocycles. The van der Waals surface area contributed by atoms with Gasteiger partial charge in [0.15, 0.2) is 0 Å². The van der Waals surface area contributed by atoms with E-state index in [1.54, 1.807) is 43.4 Å². The molecule has 170 valence electrons. The van der Waals surface area contributed by atoms with Crippen molar-refractivity contribution in [3.05, 3.63) is 95.1 Å². The van der Waals surface area contributed by atoms with Crippen LogP contribution in [0.1, 0.15) is 32.7 Å². The Bertz CT molecular complexity index is 1160. The zero-order valence-electron chi connectivity index (χ0n) is 18.1. The number of hydrogen-bond acceptors (Lipinski definition) is 4. The summed E-state index contributed by atoms with van der Waals surface area (Å²) in [5.74, 6) is -3.04. The number of amides is 2. The van der Waals surface area contributed by atoms with Crippen molar-refractivity contribution in [1.29, 1.82) is 0 Å². The number of carbonyl (C=O) groups excluding carboxylic acids is 3. The van der Waals surface area contributed by atoms with Crippen molar-refractivity contribution < 1.29 is 27.9 Å². The number of ether oxygens (including phenoxy) is 1. The van der Waals surface area contributed by atoms with Crippen LogP contribution >= 0.6 is 0 Å². The van der Waals surface area contributed by atoms with Crippen LogP contribution in [0, 0.1) is 18.6 Å². The van der Waals surface area contributed by atoms with Crippen molar-refractivity contribution in [2.75, 3.05) is 18.5 Å². The standard InChI is InChI=1S/C25H22F2N2O4/c1-16-3-5-17(6-4-16)25(32)29(2)19-8-10-20(11-9-19)33-23(30)13-14-28-24(31)21-12-7-18(26)15-22(21)27/h3-12,15H,13-14H2,1-2H3,(H,28,31). The molecule has 0 fully saturated rings. The van der Waals surface area contributed by atoms with Gasteiger partial charge in [-0.25, -0.2) is 8.78 Å². The topological polar surface area (TPSA) is 75.7 Å². The van der Waals surface area contributed by atoms with Crippen LogP contribution in [-0.2, 0) is 4.79 Å². The van der Waals surface area contributed by atoms with E-state index in [-0.39, 0.29) is 30.2 Å². The first kappa shape index (κ1) is 23.6. The van der Waals surface area contributed by atoms with Crippen LogP contribution in [0.2, 0.25) is 0 Å². The minimum atomic E-state index is -0.985. The highest BCUT2D eigenvalue weighted by atomic mass is 19.1. The lowest BCUT2D eigenvalue weighted by Gasteiger charge is -2.18. The normalized spacial score (nSPS) is 10.4. The van der Waals surface area contributed by atoms with Gasteiger partial charge >= 0.3 is 5.97 Å². The molecule has 0 aliphatic carbocycles. The first-order chi connectivity index (χ1) is 15.7. The minimum Gasteiger partial charge on any atom is -0.426 e. The lowest BCUT2D eigenvalue weighted by atomic mass is 10.1. The maximum absolute atomic E-state index is 13.6. The molecule has 3 aromatic carbocycles. The molecule has 3 rings (SSSR count). The Morgan fingerprint density at radius 3 is 2.24 bits per heavy atom. The molecule has 3 aromatic rings. The summed E-state index contributed by atoms with van der Waals surface area (Å²) >= 11 is 0. The third-order valence-electron chi connectivity index (χ3n) is 4.85. The molecule has 0 saturated heterocycles. The largest absolute Gasteiger partial charge is 0.426 e.